The zero-order valence-electron chi connectivity index (χ0n) is 8.63. The number of aromatic nitrogens is 2. The minimum Gasteiger partial charge on any atom is -0.384 e. The number of benzene rings is 1. The van der Waals surface area contributed by atoms with Gasteiger partial charge in [0.05, 0.1) is 18.3 Å². The van der Waals surface area contributed by atoms with Crippen molar-refractivity contribution in [3.63, 3.8) is 0 Å². The van der Waals surface area contributed by atoms with Gasteiger partial charge in [-0.25, -0.2) is 0 Å². The summed E-state index contributed by atoms with van der Waals surface area (Å²) in [5, 5.41) is 11.4. The Bertz CT molecular complexity index is 464. The predicted molar refractivity (Wildman–Crippen MR) is 66.0 cm³/mol. The van der Waals surface area contributed by atoms with Crippen molar-refractivity contribution in [2.24, 2.45) is 5.73 Å². The molecule has 0 bridgehead atoms. The lowest BCUT2D eigenvalue weighted by Gasteiger charge is -2.00. The van der Waals surface area contributed by atoms with Gasteiger partial charge in [0.1, 0.15) is 5.84 Å². The number of nitrogen functional groups attached to an aromatic ring is 1. The molecule has 2 rings (SSSR count). The van der Waals surface area contributed by atoms with Crippen molar-refractivity contribution in [3.05, 3.63) is 53.9 Å². The Morgan fingerprint density at radius 2 is 2.00 bits per heavy atom. The molecule has 2 aromatic rings. The highest BCUT2D eigenvalue weighted by molar-refractivity contribution is 5.94. The molecule has 0 aliphatic carbocycles. The molecule has 0 saturated heterocycles. The van der Waals surface area contributed by atoms with Gasteiger partial charge in [0.25, 0.3) is 0 Å². The molecule has 0 aliphatic heterocycles. The molecule has 0 unspecified atom stereocenters. The number of rotatable bonds is 3. The van der Waals surface area contributed by atoms with Crippen LogP contribution in [-0.2, 0) is 6.54 Å². The molecular weight excluding hydrogens is 224 g/mol. The Labute approximate surface area is 100 Å². The molecule has 0 saturated carbocycles. The molecule has 1 aromatic carbocycles. The summed E-state index contributed by atoms with van der Waals surface area (Å²) in [5.74, 6) is 0.0503. The van der Waals surface area contributed by atoms with E-state index in [9.17, 15) is 0 Å². The SMILES string of the molecule is Cl.N=C(N)c1cnn(Cc2ccccc2)c1. The van der Waals surface area contributed by atoms with Crippen molar-refractivity contribution in [1.82, 2.24) is 9.78 Å². The molecule has 1 aromatic heterocycles. The fourth-order valence-electron chi connectivity index (χ4n) is 1.36. The molecule has 3 N–H and O–H groups in total. The van der Waals surface area contributed by atoms with E-state index in [0.29, 0.717) is 12.1 Å². The number of hydrogen-bond acceptors (Lipinski definition) is 2. The Kier molecular flexibility index (Phi) is 4.08. The molecule has 84 valence electrons. The lowest BCUT2D eigenvalue weighted by atomic mass is 10.2. The minimum absolute atomic E-state index is 0. The Morgan fingerprint density at radius 1 is 1.31 bits per heavy atom. The van der Waals surface area contributed by atoms with Crippen molar-refractivity contribution in [2.75, 3.05) is 0 Å². The van der Waals surface area contributed by atoms with Crippen LogP contribution in [0, 0.1) is 5.41 Å². The quantitative estimate of drug-likeness (QED) is 0.628. The van der Waals surface area contributed by atoms with Gasteiger partial charge in [-0.15, -0.1) is 12.4 Å². The van der Waals surface area contributed by atoms with Gasteiger partial charge in [0.15, 0.2) is 0 Å². The Hall–Kier alpha value is -1.81. The van der Waals surface area contributed by atoms with Gasteiger partial charge in [-0.1, -0.05) is 30.3 Å². The van der Waals surface area contributed by atoms with Gasteiger partial charge in [-0.3, -0.25) is 10.1 Å². The van der Waals surface area contributed by atoms with Crippen LogP contribution in [0.15, 0.2) is 42.7 Å². The minimum atomic E-state index is 0. The average molecular weight is 237 g/mol. The summed E-state index contributed by atoms with van der Waals surface area (Å²) in [6.07, 6.45) is 3.38. The lowest BCUT2D eigenvalue weighted by molar-refractivity contribution is 0.687. The van der Waals surface area contributed by atoms with E-state index in [-0.39, 0.29) is 18.2 Å². The molecule has 0 spiro atoms. The van der Waals surface area contributed by atoms with E-state index in [0.717, 1.165) is 0 Å². The van der Waals surface area contributed by atoms with Gasteiger partial charge in [-0.2, -0.15) is 5.10 Å². The van der Waals surface area contributed by atoms with Crippen LogP contribution in [-0.4, -0.2) is 15.6 Å². The van der Waals surface area contributed by atoms with Crippen molar-refractivity contribution < 1.29 is 0 Å². The van der Waals surface area contributed by atoms with Gasteiger partial charge in [-0.05, 0) is 5.56 Å². The molecule has 5 heteroatoms. The third-order valence-corrected chi connectivity index (χ3v) is 2.13. The molecule has 0 amide bonds. The Morgan fingerprint density at radius 3 is 2.56 bits per heavy atom. The summed E-state index contributed by atoms with van der Waals surface area (Å²) in [6.45, 7) is 0.702. The molecule has 0 fully saturated rings. The Balaban J connectivity index is 0.00000128. The molecule has 1 heterocycles. The highest BCUT2D eigenvalue weighted by Crippen LogP contribution is 2.03. The number of hydrogen-bond donors (Lipinski definition) is 2. The first-order valence-corrected chi connectivity index (χ1v) is 4.66. The highest BCUT2D eigenvalue weighted by atomic mass is 35.5. The highest BCUT2D eigenvalue weighted by Gasteiger charge is 2.01. The van der Waals surface area contributed by atoms with Crippen LogP contribution < -0.4 is 5.73 Å². The number of nitrogens with two attached hydrogens (primary N) is 1. The molecule has 16 heavy (non-hydrogen) atoms. The largest absolute Gasteiger partial charge is 0.384 e. The summed E-state index contributed by atoms with van der Waals surface area (Å²) in [6, 6.07) is 10.0. The number of amidine groups is 1. The summed E-state index contributed by atoms with van der Waals surface area (Å²) in [4.78, 5) is 0. The van der Waals surface area contributed by atoms with Gasteiger partial charge < -0.3 is 5.73 Å². The molecule has 4 nitrogen and oxygen atoms in total. The average Bonchev–Trinajstić information content (AvgIpc) is 2.68. The van der Waals surface area contributed by atoms with Crippen molar-refractivity contribution in [2.45, 2.75) is 6.54 Å². The first-order valence-electron chi connectivity index (χ1n) is 4.66. The summed E-state index contributed by atoms with van der Waals surface area (Å²) >= 11 is 0. The van der Waals surface area contributed by atoms with E-state index >= 15 is 0 Å². The second-order valence-corrected chi connectivity index (χ2v) is 3.33. The first-order chi connectivity index (χ1) is 7.25. The van der Waals surface area contributed by atoms with Crippen LogP contribution in [0.3, 0.4) is 0 Å². The van der Waals surface area contributed by atoms with Crippen molar-refractivity contribution in [3.8, 4) is 0 Å². The fourth-order valence-corrected chi connectivity index (χ4v) is 1.36. The number of halogens is 1. The van der Waals surface area contributed by atoms with Gasteiger partial charge >= 0.3 is 0 Å². The smallest absolute Gasteiger partial charge is 0.125 e. The van der Waals surface area contributed by atoms with Gasteiger partial charge in [0, 0.05) is 6.20 Å². The van der Waals surface area contributed by atoms with Crippen molar-refractivity contribution >= 4 is 18.2 Å². The molecule has 0 atom stereocenters. The maximum atomic E-state index is 7.25. The maximum Gasteiger partial charge on any atom is 0.125 e. The molecular formula is C11H13ClN4. The standard InChI is InChI=1S/C11H12N4.ClH/c12-11(13)10-6-14-15(8-10)7-9-4-2-1-3-5-9;/h1-6,8H,7H2,(H3,12,13);1H. The third-order valence-electron chi connectivity index (χ3n) is 2.13. The van der Waals surface area contributed by atoms with Crippen LogP contribution in [0.5, 0.6) is 0 Å². The van der Waals surface area contributed by atoms with Crippen LogP contribution >= 0.6 is 12.4 Å². The van der Waals surface area contributed by atoms with Gasteiger partial charge in [0.2, 0.25) is 0 Å². The summed E-state index contributed by atoms with van der Waals surface area (Å²) in [7, 11) is 0. The zero-order chi connectivity index (χ0) is 10.7. The first kappa shape index (κ1) is 12.3. The van der Waals surface area contributed by atoms with E-state index < -0.39 is 0 Å². The van der Waals surface area contributed by atoms with Crippen LogP contribution in [0.4, 0.5) is 0 Å². The monoisotopic (exact) mass is 236 g/mol. The second kappa shape index (κ2) is 5.32. The van der Waals surface area contributed by atoms with Crippen LogP contribution in [0.1, 0.15) is 11.1 Å². The van der Waals surface area contributed by atoms with E-state index in [2.05, 4.69) is 5.10 Å². The fraction of sp³-hybridized carbons (Fsp3) is 0.0909. The topological polar surface area (TPSA) is 67.7 Å². The normalized spacial score (nSPS) is 9.50. The number of nitrogens with one attached hydrogen (secondary N) is 1. The maximum absolute atomic E-state index is 7.25. The third kappa shape index (κ3) is 2.84. The van der Waals surface area contributed by atoms with E-state index in [4.69, 9.17) is 11.1 Å². The predicted octanol–water partition coefficient (Wildman–Crippen LogP) is 1.64. The second-order valence-electron chi connectivity index (χ2n) is 3.33. The van der Waals surface area contributed by atoms with Crippen LogP contribution in [0.2, 0.25) is 0 Å². The van der Waals surface area contributed by atoms with E-state index in [1.165, 1.54) is 5.56 Å². The van der Waals surface area contributed by atoms with E-state index in [1.54, 1.807) is 17.1 Å². The number of nitrogens with zero attached hydrogens (tertiary/aromatic N) is 2. The zero-order valence-corrected chi connectivity index (χ0v) is 9.45. The summed E-state index contributed by atoms with van der Waals surface area (Å²) in [5.41, 5.74) is 7.19. The van der Waals surface area contributed by atoms with Crippen molar-refractivity contribution in [1.29, 1.82) is 5.41 Å². The lowest BCUT2D eigenvalue weighted by Crippen LogP contribution is -2.09. The molecule has 0 aliphatic rings. The van der Waals surface area contributed by atoms with E-state index in [1.807, 2.05) is 30.3 Å². The molecule has 0 radical (unpaired) electrons. The van der Waals surface area contributed by atoms with Crippen LogP contribution in [0.25, 0.3) is 0 Å². The summed E-state index contributed by atoms with van der Waals surface area (Å²) < 4.78 is 1.77.